The summed E-state index contributed by atoms with van der Waals surface area (Å²) in [4.78, 5) is 35.2. The van der Waals surface area contributed by atoms with E-state index in [1.54, 1.807) is 6.07 Å². The van der Waals surface area contributed by atoms with E-state index in [-0.39, 0.29) is 11.1 Å². The van der Waals surface area contributed by atoms with E-state index in [0.29, 0.717) is 18.8 Å². The minimum Gasteiger partial charge on any atom is -0.480 e. The van der Waals surface area contributed by atoms with E-state index in [9.17, 15) is 19.5 Å². The summed E-state index contributed by atoms with van der Waals surface area (Å²) in [6.45, 7) is 2.07. The number of primary amides is 1. The Morgan fingerprint density at radius 1 is 1.23 bits per heavy atom. The molecule has 0 heterocycles. The normalized spacial score (nSPS) is 24.5. The molecule has 6 nitrogen and oxygen atoms in total. The lowest BCUT2D eigenvalue weighted by Gasteiger charge is -2.36. The van der Waals surface area contributed by atoms with Crippen LogP contribution in [0.1, 0.15) is 53.3 Å². The summed E-state index contributed by atoms with van der Waals surface area (Å²) in [6, 6.07) is 5.96. The number of carboxylic acid groups (broad SMARTS) is 1. The largest absolute Gasteiger partial charge is 0.480 e. The number of carboxylic acids is 1. The zero-order valence-corrected chi connectivity index (χ0v) is 12.5. The second-order valence-corrected chi connectivity index (χ2v) is 5.97. The van der Waals surface area contributed by atoms with Crippen LogP contribution < -0.4 is 11.1 Å². The molecule has 2 amide bonds. The maximum Gasteiger partial charge on any atom is 0.329 e. The number of amides is 2. The number of carbonyl (C=O) groups is 3. The van der Waals surface area contributed by atoms with Crippen molar-refractivity contribution in [3.05, 3.63) is 35.4 Å². The number of carbonyl (C=O) groups excluding carboxylic acids is 2. The summed E-state index contributed by atoms with van der Waals surface area (Å²) in [5, 5.41) is 12.2. The molecule has 118 valence electrons. The van der Waals surface area contributed by atoms with Gasteiger partial charge in [-0.1, -0.05) is 13.0 Å². The molecule has 0 radical (unpaired) electrons. The van der Waals surface area contributed by atoms with Crippen LogP contribution in [0.3, 0.4) is 0 Å². The Kier molecular flexibility index (Phi) is 4.49. The van der Waals surface area contributed by atoms with Gasteiger partial charge in [0, 0.05) is 11.1 Å². The minimum absolute atomic E-state index is 0.217. The highest BCUT2D eigenvalue weighted by atomic mass is 16.4. The molecular formula is C16H20N2O4. The molecule has 1 aromatic rings. The van der Waals surface area contributed by atoms with Gasteiger partial charge in [-0.2, -0.15) is 0 Å². The molecule has 2 rings (SSSR count). The fourth-order valence-electron chi connectivity index (χ4n) is 2.75. The van der Waals surface area contributed by atoms with Crippen molar-refractivity contribution in [3.8, 4) is 0 Å². The number of benzene rings is 1. The van der Waals surface area contributed by atoms with Gasteiger partial charge < -0.3 is 16.2 Å². The first-order chi connectivity index (χ1) is 10.3. The summed E-state index contributed by atoms with van der Waals surface area (Å²) >= 11 is 0. The van der Waals surface area contributed by atoms with E-state index in [2.05, 4.69) is 12.2 Å². The predicted octanol–water partition coefficient (Wildman–Crippen LogP) is 1.55. The van der Waals surface area contributed by atoms with Gasteiger partial charge in [-0.3, -0.25) is 9.59 Å². The molecule has 0 unspecified atom stereocenters. The first kappa shape index (κ1) is 16.0. The first-order valence-corrected chi connectivity index (χ1v) is 7.30. The summed E-state index contributed by atoms with van der Waals surface area (Å²) in [7, 11) is 0. The highest BCUT2D eigenvalue weighted by Gasteiger charge is 2.42. The van der Waals surface area contributed by atoms with Crippen molar-refractivity contribution >= 4 is 17.8 Å². The number of nitrogens with two attached hydrogens (primary N) is 1. The Morgan fingerprint density at radius 3 is 2.36 bits per heavy atom. The molecule has 6 heteroatoms. The van der Waals surface area contributed by atoms with Crippen LogP contribution in [0.4, 0.5) is 0 Å². The number of hydrogen-bond acceptors (Lipinski definition) is 3. The van der Waals surface area contributed by atoms with Crippen LogP contribution in [0.25, 0.3) is 0 Å². The third kappa shape index (κ3) is 3.27. The quantitative estimate of drug-likeness (QED) is 0.783. The minimum atomic E-state index is -1.23. The highest BCUT2D eigenvalue weighted by Crippen LogP contribution is 2.32. The van der Waals surface area contributed by atoms with Crippen molar-refractivity contribution in [3.63, 3.8) is 0 Å². The van der Waals surface area contributed by atoms with Gasteiger partial charge >= 0.3 is 5.97 Å². The molecule has 1 saturated carbocycles. The zero-order chi connectivity index (χ0) is 16.3. The number of nitrogens with one attached hydrogen (secondary N) is 1. The Hall–Kier alpha value is -2.37. The first-order valence-electron chi connectivity index (χ1n) is 7.30. The third-order valence-corrected chi connectivity index (χ3v) is 4.30. The van der Waals surface area contributed by atoms with Crippen LogP contribution in [0.5, 0.6) is 0 Å². The van der Waals surface area contributed by atoms with Crippen molar-refractivity contribution in [1.82, 2.24) is 5.32 Å². The molecule has 0 spiro atoms. The molecule has 1 aromatic carbocycles. The van der Waals surface area contributed by atoms with Crippen LogP contribution >= 0.6 is 0 Å². The molecule has 22 heavy (non-hydrogen) atoms. The summed E-state index contributed by atoms with van der Waals surface area (Å²) in [5.41, 5.74) is 4.41. The average Bonchev–Trinajstić information content (AvgIpc) is 2.49. The molecule has 0 atom stereocenters. The molecule has 1 aliphatic carbocycles. The molecule has 0 aromatic heterocycles. The van der Waals surface area contributed by atoms with Gasteiger partial charge in [0.05, 0.1) is 0 Å². The van der Waals surface area contributed by atoms with Crippen LogP contribution in [-0.4, -0.2) is 28.4 Å². The second kappa shape index (κ2) is 6.17. The highest BCUT2D eigenvalue weighted by molar-refractivity contribution is 6.01. The molecular weight excluding hydrogens is 284 g/mol. The molecule has 1 aliphatic rings. The van der Waals surface area contributed by atoms with Crippen molar-refractivity contribution in [2.24, 2.45) is 11.7 Å². The zero-order valence-electron chi connectivity index (χ0n) is 12.5. The van der Waals surface area contributed by atoms with Gasteiger partial charge in [0.2, 0.25) is 5.91 Å². The van der Waals surface area contributed by atoms with Gasteiger partial charge in [0.25, 0.3) is 5.91 Å². The van der Waals surface area contributed by atoms with Gasteiger partial charge in [0.15, 0.2) is 0 Å². The third-order valence-electron chi connectivity index (χ3n) is 4.30. The summed E-state index contributed by atoms with van der Waals surface area (Å²) in [5.74, 6) is -1.68. The Balaban J connectivity index is 2.20. The summed E-state index contributed by atoms with van der Waals surface area (Å²) < 4.78 is 0. The Bertz CT molecular complexity index is 604. The monoisotopic (exact) mass is 304 g/mol. The molecule has 4 N–H and O–H groups in total. The van der Waals surface area contributed by atoms with E-state index in [0.717, 1.165) is 12.8 Å². The van der Waals surface area contributed by atoms with Crippen LogP contribution in [0.15, 0.2) is 24.3 Å². The van der Waals surface area contributed by atoms with E-state index in [1.165, 1.54) is 18.2 Å². The smallest absolute Gasteiger partial charge is 0.329 e. The van der Waals surface area contributed by atoms with E-state index in [1.807, 2.05) is 0 Å². The number of hydrogen-bond donors (Lipinski definition) is 3. The Labute approximate surface area is 128 Å². The lowest BCUT2D eigenvalue weighted by atomic mass is 9.77. The predicted molar refractivity (Wildman–Crippen MR) is 80.4 cm³/mol. The average molecular weight is 304 g/mol. The van der Waals surface area contributed by atoms with Gasteiger partial charge in [0.1, 0.15) is 5.54 Å². The van der Waals surface area contributed by atoms with E-state index in [4.69, 9.17) is 5.73 Å². The van der Waals surface area contributed by atoms with E-state index < -0.39 is 23.3 Å². The Morgan fingerprint density at radius 2 is 1.82 bits per heavy atom. The molecule has 1 fully saturated rings. The van der Waals surface area contributed by atoms with Crippen LogP contribution in [0.2, 0.25) is 0 Å². The van der Waals surface area contributed by atoms with Crippen LogP contribution in [-0.2, 0) is 4.79 Å². The fourth-order valence-corrected chi connectivity index (χ4v) is 2.75. The van der Waals surface area contributed by atoms with Crippen molar-refractivity contribution in [2.75, 3.05) is 0 Å². The van der Waals surface area contributed by atoms with Gasteiger partial charge in [-0.05, 0) is 49.8 Å². The number of rotatable bonds is 4. The topological polar surface area (TPSA) is 109 Å². The standard InChI is InChI=1S/C16H20N2O4/c1-10-5-7-16(8-6-10,15(21)22)18-14(20)12-4-2-3-11(9-12)13(17)19/h2-4,9-10H,5-8H2,1H3,(H2,17,19)(H,18,20)(H,21,22). The van der Waals surface area contributed by atoms with Gasteiger partial charge in [-0.15, -0.1) is 0 Å². The SMILES string of the molecule is CC1CCC(NC(=O)c2cccc(C(N)=O)c2)(C(=O)O)CC1. The lowest BCUT2D eigenvalue weighted by molar-refractivity contribution is -0.146. The van der Waals surface area contributed by atoms with Gasteiger partial charge in [-0.25, -0.2) is 4.79 Å². The van der Waals surface area contributed by atoms with E-state index >= 15 is 0 Å². The molecule has 0 saturated heterocycles. The molecule has 0 bridgehead atoms. The van der Waals surface area contributed by atoms with Crippen molar-refractivity contribution in [2.45, 2.75) is 38.1 Å². The number of aliphatic carboxylic acids is 1. The maximum absolute atomic E-state index is 12.4. The van der Waals surface area contributed by atoms with Crippen molar-refractivity contribution < 1.29 is 19.5 Å². The lowest BCUT2D eigenvalue weighted by Crippen LogP contribution is -2.56. The van der Waals surface area contributed by atoms with Crippen molar-refractivity contribution in [1.29, 1.82) is 0 Å². The molecule has 0 aliphatic heterocycles. The maximum atomic E-state index is 12.4. The summed E-state index contributed by atoms with van der Waals surface area (Å²) in [6.07, 6.45) is 2.33. The van der Waals surface area contributed by atoms with Crippen LogP contribution in [0, 0.1) is 5.92 Å². The fraction of sp³-hybridized carbons (Fsp3) is 0.438. The second-order valence-electron chi connectivity index (χ2n) is 5.97.